The summed E-state index contributed by atoms with van der Waals surface area (Å²) in [6, 6.07) is 2.57. The van der Waals surface area contributed by atoms with Crippen LogP contribution in [0.3, 0.4) is 0 Å². The predicted octanol–water partition coefficient (Wildman–Crippen LogP) is 1.72. The van der Waals surface area contributed by atoms with Crippen molar-refractivity contribution in [3.8, 4) is 5.75 Å². The lowest BCUT2D eigenvalue weighted by molar-refractivity contribution is -0.139. The molecule has 1 aromatic carbocycles. The summed E-state index contributed by atoms with van der Waals surface area (Å²) in [5, 5.41) is 36.6. The number of carboxylic acid groups (broad SMARTS) is 2. The van der Waals surface area contributed by atoms with E-state index < -0.39 is 36.1 Å². The van der Waals surface area contributed by atoms with Gasteiger partial charge >= 0.3 is 18.0 Å². The van der Waals surface area contributed by atoms with E-state index >= 15 is 0 Å². The van der Waals surface area contributed by atoms with Crippen LogP contribution in [0.4, 0.5) is 4.79 Å². The Hall–Kier alpha value is -3.67. The maximum absolute atomic E-state index is 12.6. The van der Waals surface area contributed by atoms with Crippen molar-refractivity contribution < 1.29 is 34.2 Å². The average Bonchev–Trinajstić information content (AvgIpc) is 3.23. The highest BCUT2D eigenvalue weighted by Gasteiger charge is 2.27. The number of rotatable bonds is 12. The second-order valence-corrected chi connectivity index (χ2v) is 7.98. The van der Waals surface area contributed by atoms with Crippen LogP contribution >= 0.6 is 0 Å². The first-order valence-electron chi connectivity index (χ1n) is 10.5. The monoisotopic (exact) mass is 463 g/mol. The first kappa shape index (κ1) is 25.6. The number of amides is 2. The number of aromatic hydroxyl groups is 1. The summed E-state index contributed by atoms with van der Waals surface area (Å²) < 4.78 is 5.24. The van der Waals surface area contributed by atoms with Crippen LogP contribution in [0.5, 0.6) is 5.75 Å². The molecule has 7 N–H and O–H groups in total. The fourth-order valence-corrected chi connectivity index (χ4v) is 2.96. The summed E-state index contributed by atoms with van der Waals surface area (Å²) in [5.74, 6) is -1.87. The quantitative estimate of drug-likeness (QED) is 0.269. The van der Waals surface area contributed by atoms with Crippen molar-refractivity contribution in [3.63, 3.8) is 0 Å². The third-order valence-electron chi connectivity index (χ3n) is 4.94. The minimum absolute atomic E-state index is 0.0132. The third kappa shape index (κ3) is 8.07. The molecule has 0 aliphatic carbocycles. The molecule has 180 valence electrons. The van der Waals surface area contributed by atoms with Gasteiger partial charge in [0.1, 0.15) is 17.8 Å². The maximum atomic E-state index is 12.6. The Kier molecular flexibility index (Phi) is 9.16. The van der Waals surface area contributed by atoms with Crippen LogP contribution in [-0.2, 0) is 16.0 Å². The van der Waals surface area contributed by atoms with Gasteiger partial charge in [-0.05, 0) is 36.5 Å². The van der Waals surface area contributed by atoms with Gasteiger partial charge in [-0.15, -0.1) is 0 Å². The van der Waals surface area contributed by atoms with Crippen LogP contribution in [0.1, 0.15) is 62.5 Å². The molecule has 0 fully saturated rings. The number of urea groups is 1. The number of benzene rings is 1. The van der Waals surface area contributed by atoms with E-state index in [2.05, 4.69) is 20.8 Å². The number of carbonyl (C=O) groups is 3. The van der Waals surface area contributed by atoms with Crippen LogP contribution in [0, 0.1) is 5.92 Å². The highest BCUT2D eigenvalue weighted by atomic mass is 16.5. The molecule has 1 heterocycles. The molecule has 0 aliphatic heterocycles. The normalized spacial score (nSPS) is 13.8. The molecule has 0 radical (unpaired) electrons. The van der Waals surface area contributed by atoms with Crippen LogP contribution in [0.15, 0.2) is 28.8 Å². The SMILES string of the molecule is CC(C)[C@H](N)c1noc([C@@H](CCCC(=O)O)NC(=O)N[C@@H](Cc2ccc(O)cc2)C(=O)O)n1. The minimum atomic E-state index is -1.25. The molecule has 33 heavy (non-hydrogen) atoms. The molecule has 2 aromatic rings. The summed E-state index contributed by atoms with van der Waals surface area (Å²) in [6.07, 6.45) is 0.240. The molecule has 0 aliphatic rings. The van der Waals surface area contributed by atoms with E-state index in [0.717, 1.165) is 0 Å². The Balaban J connectivity index is 2.11. The number of phenols is 1. The number of aliphatic carboxylic acids is 2. The minimum Gasteiger partial charge on any atom is -0.508 e. The lowest BCUT2D eigenvalue weighted by atomic mass is 10.1. The van der Waals surface area contributed by atoms with E-state index in [1.165, 1.54) is 12.1 Å². The lowest BCUT2D eigenvalue weighted by Crippen LogP contribution is -2.48. The Morgan fingerprint density at radius 3 is 2.36 bits per heavy atom. The molecular formula is C21H29N5O7. The van der Waals surface area contributed by atoms with E-state index in [1.54, 1.807) is 12.1 Å². The van der Waals surface area contributed by atoms with Crippen molar-refractivity contribution in [2.75, 3.05) is 0 Å². The van der Waals surface area contributed by atoms with Crippen molar-refractivity contribution in [1.82, 2.24) is 20.8 Å². The average molecular weight is 463 g/mol. The van der Waals surface area contributed by atoms with Gasteiger partial charge in [0.25, 0.3) is 0 Å². The Morgan fingerprint density at radius 2 is 1.79 bits per heavy atom. The number of nitrogens with one attached hydrogen (secondary N) is 2. The van der Waals surface area contributed by atoms with Gasteiger partial charge in [-0.25, -0.2) is 9.59 Å². The molecule has 0 saturated heterocycles. The number of hydrogen-bond acceptors (Lipinski definition) is 8. The molecule has 12 heteroatoms. The molecule has 3 atom stereocenters. The molecule has 1 aromatic heterocycles. The van der Waals surface area contributed by atoms with E-state index in [0.29, 0.717) is 5.56 Å². The molecule has 2 rings (SSSR count). The van der Waals surface area contributed by atoms with Crippen molar-refractivity contribution >= 4 is 18.0 Å². The highest BCUT2D eigenvalue weighted by molar-refractivity contribution is 5.83. The molecule has 0 unspecified atom stereocenters. The van der Waals surface area contributed by atoms with E-state index in [-0.39, 0.29) is 49.1 Å². The van der Waals surface area contributed by atoms with Gasteiger partial charge in [0, 0.05) is 12.8 Å². The zero-order valence-electron chi connectivity index (χ0n) is 18.4. The van der Waals surface area contributed by atoms with Gasteiger partial charge in [0.05, 0.1) is 6.04 Å². The fourth-order valence-electron chi connectivity index (χ4n) is 2.96. The van der Waals surface area contributed by atoms with Gasteiger partial charge in [-0.3, -0.25) is 4.79 Å². The summed E-state index contributed by atoms with van der Waals surface area (Å²) in [5.41, 5.74) is 6.63. The van der Waals surface area contributed by atoms with Crippen molar-refractivity contribution in [2.24, 2.45) is 11.7 Å². The van der Waals surface area contributed by atoms with Gasteiger partial charge < -0.3 is 36.2 Å². The first-order chi connectivity index (χ1) is 15.6. The number of nitrogens with two attached hydrogens (primary N) is 1. The van der Waals surface area contributed by atoms with Crippen LogP contribution < -0.4 is 16.4 Å². The number of carboxylic acids is 2. The van der Waals surface area contributed by atoms with Crippen LogP contribution in [0.25, 0.3) is 0 Å². The molecular weight excluding hydrogens is 434 g/mol. The smallest absolute Gasteiger partial charge is 0.326 e. The van der Waals surface area contributed by atoms with Gasteiger partial charge in [-0.1, -0.05) is 31.1 Å². The largest absolute Gasteiger partial charge is 0.508 e. The zero-order valence-corrected chi connectivity index (χ0v) is 18.4. The summed E-state index contributed by atoms with van der Waals surface area (Å²) in [7, 11) is 0. The van der Waals surface area contributed by atoms with Crippen molar-refractivity contribution in [1.29, 1.82) is 0 Å². The van der Waals surface area contributed by atoms with Crippen LogP contribution in [-0.4, -0.2) is 49.5 Å². The second-order valence-electron chi connectivity index (χ2n) is 7.98. The van der Waals surface area contributed by atoms with Gasteiger partial charge in [0.15, 0.2) is 5.82 Å². The molecule has 0 saturated carbocycles. The van der Waals surface area contributed by atoms with Crippen molar-refractivity contribution in [3.05, 3.63) is 41.5 Å². The second kappa shape index (κ2) is 11.8. The van der Waals surface area contributed by atoms with E-state index in [9.17, 15) is 24.6 Å². The first-order valence-corrected chi connectivity index (χ1v) is 10.5. The molecule has 12 nitrogen and oxygen atoms in total. The van der Waals surface area contributed by atoms with E-state index in [4.69, 9.17) is 15.4 Å². The lowest BCUT2D eigenvalue weighted by Gasteiger charge is -2.19. The number of phenolic OH excluding ortho intramolecular Hbond substituents is 1. The maximum Gasteiger partial charge on any atom is 0.326 e. The van der Waals surface area contributed by atoms with Gasteiger partial charge in [0.2, 0.25) is 5.89 Å². The number of hydrogen-bond donors (Lipinski definition) is 6. The molecule has 0 spiro atoms. The van der Waals surface area contributed by atoms with Gasteiger partial charge in [-0.2, -0.15) is 4.98 Å². The Labute approximate surface area is 190 Å². The van der Waals surface area contributed by atoms with Crippen LogP contribution in [0.2, 0.25) is 0 Å². The van der Waals surface area contributed by atoms with Crippen molar-refractivity contribution in [2.45, 2.75) is 57.7 Å². The molecule has 2 amide bonds. The Morgan fingerprint density at radius 1 is 1.12 bits per heavy atom. The number of aromatic nitrogens is 2. The van der Waals surface area contributed by atoms with E-state index in [1.807, 2.05) is 13.8 Å². The highest BCUT2D eigenvalue weighted by Crippen LogP contribution is 2.22. The summed E-state index contributed by atoms with van der Waals surface area (Å²) in [6.45, 7) is 3.77. The number of nitrogens with zero attached hydrogens (tertiary/aromatic N) is 2. The fraction of sp³-hybridized carbons (Fsp3) is 0.476. The number of carbonyl (C=O) groups excluding carboxylic acids is 1. The topological polar surface area (TPSA) is 201 Å². The standard InChI is InChI=1S/C21H29N5O7/c1-11(2)17(22)18-25-19(33-26-18)14(4-3-5-16(28)29)23-21(32)24-15(20(30)31)10-12-6-8-13(27)9-7-12/h6-9,11,14-15,17,27H,3-5,10,22H2,1-2H3,(H,28,29)(H,30,31)(H2,23,24,32)/t14-,15+,17+/m1/s1. The predicted molar refractivity (Wildman–Crippen MR) is 115 cm³/mol. The third-order valence-corrected chi connectivity index (χ3v) is 4.94. The summed E-state index contributed by atoms with van der Waals surface area (Å²) in [4.78, 5) is 39.3. The zero-order chi connectivity index (χ0) is 24.5. The Bertz CT molecular complexity index is 945. The molecule has 0 bridgehead atoms. The summed E-state index contributed by atoms with van der Waals surface area (Å²) >= 11 is 0.